The number of anilines is 1. The van der Waals surface area contributed by atoms with Crippen LogP contribution < -0.4 is 24.2 Å². The molecule has 1 aromatic heterocycles. The number of para-hydroxylation sites is 1. The van der Waals surface area contributed by atoms with E-state index in [2.05, 4.69) is 15.3 Å². The summed E-state index contributed by atoms with van der Waals surface area (Å²) in [5.74, 6) is -0.568. The maximum Gasteiger partial charge on any atom is 0.335 e. The monoisotopic (exact) mass is 394 g/mol. The summed E-state index contributed by atoms with van der Waals surface area (Å²) in [6, 6.07) is 4.91. The first-order valence-corrected chi connectivity index (χ1v) is 9.32. The van der Waals surface area contributed by atoms with Crippen LogP contribution >= 0.6 is 0 Å². The quantitative estimate of drug-likeness (QED) is 0.803. The Kier molecular flexibility index (Phi) is 4.56. The van der Waals surface area contributed by atoms with Gasteiger partial charge in [-0.3, -0.25) is 5.32 Å². The number of rotatable bonds is 4. The third-order valence-electron chi connectivity index (χ3n) is 3.43. The van der Waals surface area contributed by atoms with Gasteiger partial charge in [0.15, 0.2) is 11.5 Å². The smallest absolute Gasteiger partial charge is 0.335 e. The Labute approximate surface area is 155 Å². The summed E-state index contributed by atoms with van der Waals surface area (Å²) in [7, 11) is -2.82. The lowest BCUT2D eigenvalue weighted by Crippen LogP contribution is -2.35. The standard InChI is InChI=1S/C16H18N4O6S/c1-9-8-12(24-4)18-14(17-9)19-15(21)20-27(22,23)11-7-5-6-10-13(11)26-16(2,3)25-10/h5-8H,1-4H3,(H2,17,18,19,20,21). The summed E-state index contributed by atoms with van der Waals surface area (Å²) in [5, 5.41) is 2.26. The second-order valence-electron chi connectivity index (χ2n) is 6.12. The summed E-state index contributed by atoms with van der Waals surface area (Å²) >= 11 is 0. The molecule has 2 aromatic rings. The maximum atomic E-state index is 12.6. The average molecular weight is 394 g/mol. The number of carbonyl (C=O) groups excluding carboxylic acids is 1. The second-order valence-corrected chi connectivity index (χ2v) is 7.77. The fraction of sp³-hybridized carbons (Fsp3) is 0.312. The highest BCUT2D eigenvalue weighted by Crippen LogP contribution is 2.43. The molecule has 1 aliphatic heterocycles. The number of nitrogens with one attached hydrogen (secondary N) is 2. The first-order chi connectivity index (χ1) is 12.6. The molecular formula is C16H18N4O6S. The normalized spacial score (nSPS) is 14.5. The fourth-order valence-electron chi connectivity index (χ4n) is 2.42. The molecule has 0 atom stereocenters. The molecule has 0 saturated carbocycles. The summed E-state index contributed by atoms with van der Waals surface area (Å²) in [4.78, 5) is 19.9. The first kappa shape index (κ1) is 18.7. The van der Waals surface area contributed by atoms with Gasteiger partial charge in [-0.05, 0) is 19.1 Å². The van der Waals surface area contributed by atoms with Gasteiger partial charge in [0.05, 0.1) is 7.11 Å². The molecule has 3 rings (SSSR count). The van der Waals surface area contributed by atoms with Gasteiger partial charge in [0.1, 0.15) is 4.90 Å². The number of ether oxygens (including phenoxy) is 3. The number of sulfonamides is 1. The number of urea groups is 1. The molecule has 11 heteroatoms. The Balaban J connectivity index is 1.81. The van der Waals surface area contributed by atoms with Gasteiger partial charge in [-0.2, -0.15) is 4.98 Å². The van der Waals surface area contributed by atoms with Crippen molar-refractivity contribution in [3.8, 4) is 17.4 Å². The zero-order chi connectivity index (χ0) is 19.8. The summed E-state index contributed by atoms with van der Waals surface area (Å²) in [6.07, 6.45) is 0. The molecule has 2 heterocycles. The van der Waals surface area contributed by atoms with Crippen LogP contribution in [0.5, 0.6) is 17.4 Å². The Bertz CT molecular complexity index is 1010. The predicted octanol–water partition coefficient (Wildman–Crippen LogP) is 1.81. The minimum absolute atomic E-state index is 0.0382. The van der Waals surface area contributed by atoms with E-state index in [-0.39, 0.29) is 28.2 Å². The number of hydrogen-bond donors (Lipinski definition) is 2. The molecule has 27 heavy (non-hydrogen) atoms. The Morgan fingerprint density at radius 3 is 2.67 bits per heavy atom. The van der Waals surface area contributed by atoms with Crippen LogP contribution in [0.2, 0.25) is 0 Å². The lowest BCUT2D eigenvalue weighted by molar-refractivity contribution is -0.0442. The van der Waals surface area contributed by atoms with E-state index in [4.69, 9.17) is 14.2 Å². The molecule has 2 amide bonds. The van der Waals surface area contributed by atoms with Gasteiger partial charge in [0.2, 0.25) is 17.6 Å². The highest BCUT2D eigenvalue weighted by atomic mass is 32.2. The number of methoxy groups -OCH3 is 1. The molecule has 0 unspecified atom stereocenters. The van der Waals surface area contributed by atoms with Crippen LogP contribution in [-0.4, -0.2) is 37.3 Å². The zero-order valence-electron chi connectivity index (χ0n) is 15.1. The van der Waals surface area contributed by atoms with Crippen LogP contribution in [0.25, 0.3) is 0 Å². The number of aryl methyl sites for hydroxylation is 1. The van der Waals surface area contributed by atoms with E-state index in [9.17, 15) is 13.2 Å². The zero-order valence-corrected chi connectivity index (χ0v) is 15.9. The van der Waals surface area contributed by atoms with E-state index in [1.165, 1.54) is 19.2 Å². The minimum Gasteiger partial charge on any atom is -0.481 e. The van der Waals surface area contributed by atoms with Gasteiger partial charge >= 0.3 is 6.03 Å². The summed E-state index contributed by atoms with van der Waals surface area (Å²) in [6.45, 7) is 4.97. The van der Waals surface area contributed by atoms with Crippen molar-refractivity contribution in [2.45, 2.75) is 31.5 Å². The van der Waals surface area contributed by atoms with Crippen molar-refractivity contribution in [3.05, 3.63) is 30.0 Å². The minimum atomic E-state index is -4.23. The SMILES string of the molecule is COc1cc(C)nc(NC(=O)NS(=O)(=O)c2cccc3c2OC(C)(C)O3)n1. The van der Waals surface area contributed by atoms with E-state index < -0.39 is 21.8 Å². The van der Waals surface area contributed by atoms with Crippen LogP contribution in [0.4, 0.5) is 10.7 Å². The lowest BCUT2D eigenvalue weighted by atomic mass is 10.3. The molecule has 144 valence electrons. The molecule has 0 fully saturated rings. The van der Waals surface area contributed by atoms with E-state index >= 15 is 0 Å². The number of amides is 2. The number of carbonyl (C=O) groups is 1. The first-order valence-electron chi connectivity index (χ1n) is 7.84. The van der Waals surface area contributed by atoms with Crippen molar-refractivity contribution in [1.29, 1.82) is 0 Å². The van der Waals surface area contributed by atoms with Crippen LogP contribution in [0, 0.1) is 6.92 Å². The van der Waals surface area contributed by atoms with Crippen molar-refractivity contribution >= 4 is 22.0 Å². The fourth-order valence-corrected chi connectivity index (χ4v) is 3.47. The molecule has 10 nitrogen and oxygen atoms in total. The predicted molar refractivity (Wildman–Crippen MR) is 94.4 cm³/mol. The third-order valence-corrected chi connectivity index (χ3v) is 4.78. The van der Waals surface area contributed by atoms with Gasteiger partial charge in [-0.15, -0.1) is 0 Å². The number of benzene rings is 1. The van der Waals surface area contributed by atoms with Crippen molar-refractivity contribution in [2.24, 2.45) is 0 Å². The summed E-state index contributed by atoms with van der Waals surface area (Å²) in [5.41, 5.74) is 0.536. The van der Waals surface area contributed by atoms with Crippen LogP contribution in [0.15, 0.2) is 29.2 Å². The topological polar surface area (TPSA) is 129 Å². The molecule has 0 aliphatic carbocycles. The van der Waals surface area contributed by atoms with Gasteiger partial charge in [-0.1, -0.05) is 6.07 Å². The van der Waals surface area contributed by atoms with Crippen LogP contribution in [0.3, 0.4) is 0 Å². The lowest BCUT2D eigenvalue weighted by Gasteiger charge is -2.16. The van der Waals surface area contributed by atoms with E-state index in [1.54, 1.807) is 32.9 Å². The van der Waals surface area contributed by atoms with E-state index in [0.29, 0.717) is 5.69 Å². The second kappa shape index (κ2) is 6.58. The molecule has 0 saturated heterocycles. The third kappa shape index (κ3) is 4.03. The van der Waals surface area contributed by atoms with Gasteiger partial charge < -0.3 is 14.2 Å². The summed E-state index contributed by atoms with van der Waals surface area (Å²) < 4.78 is 43.2. The molecule has 2 N–H and O–H groups in total. The van der Waals surface area contributed by atoms with E-state index in [0.717, 1.165) is 0 Å². The van der Waals surface area contributed by atoms with Crippen molar-refractivity contribution in [2.75, 3.05) is 12.4 Å². The molecular weight excluding hydrogens is 376 g/mol. The van der Waals surface area contributed by atoms with Gasteiger partial charge in [0.25, 0.3) is 10.0 Å². The number of hydrogen-bond acceptors (Lipinski definition) is 8. The van der Waals surface area contributed by atoms with Gasteiger partial charge in [-0.25, -0.2) is 22.9 Å². The average Bonchev–Trinajstić information content (AvgIpc) is 2.86. The highest BCUT2D eigenvalue weighted by molar-refractivity contribution is 7.90. The number of fused-ring (bicyclic) bond motifs is 1. The number of nitrogens with zero attached hydrogens (tertiary/aromatic N) is 2. The maximum absolute atomic E-state index is 12.6. The molecule has 0 spiro atoms. The largest absolute Gasteiger partial charge is 0.481 e. The Hall–Kier alpha value is -3.08. The molecule has 0 radical (unpaired) electrons. The van der Waals surface area contributed by atoms with Crippen molar-refractivity contribution in [1.82, 2.24) is 14.7 Å². The molecule has 0 bridgehead atoms. The van der Waals surface area contributed by atoms with Crippen LogP contribution in [0.1, 0.15) is 19.5 Å². The highest BCUT2D eigenvalue weighted by Gasteiger charge is 2.37. The van der Waals surface area contributed by atoms with Crippen molar-refractivity contribution < 1.29 is 27.4 Å². The van der Waals surface area contributed by atoms with Crippen molar-refractivity contribution in [3.63, 3.8) is 0 Å². The Morgan fingerprint density at radius 1 is 1.22 bits per heavy atom. The molecule has 1 aromatic carbocycles. The Morgan fingerprint density at radius 2 is 1.96 bits per heavy atom. The van der Waals surface area contributed by atoms with E-state index in [1.807, 2.05) is 4.72 Å². The number of aromatic nitrogens is 2. The van der Waals surface area contributed by atoms with Crippen LogP contribution in [-0.2, 0) is 10.0 Å². The molecule has 1 aliphatic rings. The van der Waals surface area contributed by atoms with Gasteiger partial charge in [0, 0.05) is 25.6 Å².